The number of aromatic nitrogens is 2. The van der Waals surface area contributed by atoms with E-state index >= 15 is 0 Å². The molecular weight excluding hydrogens is 274 g/mol. The number of nitrogens with two attached hydrogens (primary N) is 1. The Kier molecular flexibility index (Phi) is 4.05. The van der Waals surface area contributed by atoms with E-state index in [2.05, 4.69) is 20.3 Å². The minimum Gasteiger partial charge on any atom is -0.370 e. The summed E-state index contributed by atoms with van der Waals surface area (Å²) in [5.74, 6) is 1.34. The molecule has 0 amide bonds. The molecule has 1 aromatic heterocycles. The maximum absolute atomic E-state index is 5.90. The number of imidazole rings is 1. The standard InChI is InChI=1S/C17H19N5/c1-12-5-4-6-13(11-12)20-17(18)19-10-9-16-21-14-7-2-3-8-15(14)22-16/h2-8,11H,9-10H2,1H3,(H,21,22)(H3,18,19,20). The zero-order valence-corrected chi connectivity index (χ0v) is 12.5. The lowest BCUT2D eigenvalue weighted by Crippen LogP contribution is -2.23. The second-order valence-corrected chi connectivity index (χ2v) is 5.21. The molecule has 1 heterocycles. The van der Waals surface area contributed by atoms with Crippen molar-refractivity contribution < 1.29 is 0 Å². The van der Waals surface area contributed by atoms with Crippen LogP contribution in [-0.2, 0) is 6.42 Å². The quantitative estimate of drug-likeness (QED) is 0.511. The predicted octanol–water partition coefficient (Wildman–Crippen LogP) is 2.84. The van der Waals surface area contributed by atoms with Gasteiger partial charge in [-0.1, -0.05) is 24.3 Å². The molecule has 5 heteroatoms. The third-order valence-corrected chi connectivity index (χ3v) is 3.36. The van der Waals surface area contributed by atoms with Crippen LogP contribution in [0.4, 0.5) is 5.69 Å². The highest BCUT2D eigenvalue weighted by Crippen LogP contribution is 2.11. The topological polar surface area (TPSA) is 79.1 Å². The summed E-state index contributed by atoms with van der Waals surface area (Å²) in [5.41, 5.74) is 10.1. The molecule has 4 N–H and O–H groups in total. The number of hydrogen-bond donors (Lipinski definition) is 3. The van der Waals surface area contributed by atoms with Gasteiger partial charge >= 0.3 is 0 Å². The van der Waals surface area contributed by atoms with Gasteiger partial charge in [-0.25, -0.2) is 4.98 Å². The summed E-state index contributed by atoms with van der Waals surface area (Å²) in [7, 11) is 0. The number of benzene rings is 2. The van der Waals surface area contributed by atoms with E-state index in [1.54, 1.807) is 0 Å². The van der Waals surface area contributed by atoms with E-state index in [4.69, 9.17) is 5.73 Å². The molecule has 112 valence electrons. The van der Waals surface area contributed by atoms with Crippen LogP contribution >= 0.6 is 0 Å². The van der Waals surface area contributed by atoms with Crippen LogP contribution in [0.5, 0.6) is 0 Å². The summed E-state index contributed by atoms with van der Waals surface area (Å²) in [6.45, 7) is 2.63. The highest BCUT2D eigenvalue weighted by molar-refractivity contribution is 5.92. The first-order chi connectivity index (χ1) is 10.7. The number of nitrogens with zero attached hydrogens (tertiary/aromatic N) is 2. The summed E-state index contributed by atoms with van der Waals surface area (Å²) in [6, 6.07) is 16.0. The Hall–Kier alpha value is -2.82. The molecule has 5 nitrogen and oxygen atoms in total. The third kappa shape index (κ3) is 3.44. The minimum absolute atomic E-state index is 0.418. The van der Waals surface area contributed by atoms with Gasteiger partial charge in [0.2, 0.25) is 0 Å². The zero-order valence-electron chi connectivity index (χ0n) is 12.5. The Labute approximate surface area is 129 Å². The first-order valence-corrected chi connectivity index (χ1v) is 7.28. The summed E-state index contributed by atoms with van der Waals surface area (Å²) in [4.78, 5) is 12.1. The molecule has 0 atom stereocenters. The SMILES string of the molecule is Cc1cccc(NC(N)=NCCc2nc3ccccc3[nH]2)c1. The van der Waals surface area contributed by atoms with Gasteiger partial charge in [-0.3, -0.25) is 4.99 Å². The average Bonchev–Trinajstić information content (AvgIpc) is 2.90. The van der Waals surface area contributed by atoms with Crippen LogP contribution in [0, 0.1) is 6.92 Å². The fourth-order valence-electron chi connectivity index (χ4n) is 2.32. The van der Waals surface area contributed by atoms with E-state index in [1.807, 2.05) is 55.5 Å². The van der Waals surface area contributed by atoms with Crippen LogP contribution in [0.2, 0.25) is 0 Å². The van der Waals surface area contributed by atoms with Gasteiger partial charge in [-0.15, -0.1) is 0 Å². The molecule has 3 rings (SSSR count). The first kappa shape index (κ1) is 14.1. The number of hydrogen-bond acceptors (Lipinski definition) is 2. The zero-order chi connectivity index (χ0) is 15.4. The third-order valence-electron chi connectivity index (χ3n) is 3.36. The molecule has 2 aromatic carbocycles. The van der Waals surface area contributed by atoms with E-state index in [1.165, 1.54) is 5.56 Å². The molecule has 0 spiro atoms. The lowest BCUT2D eigenvalue weighted by molar-refractivity contribution is 0.898. The molecule has 0 fully saturated rings. The van der Waals surface area contributed by atoms with Gasteiger partial charge in [0.25, 0.3) is 0 Å². The van der Waals surface area contributed by atoms with Crippen molar-refractivity contribution in [1.29, 1.82) is 0 Å². The molecule has 0 aliphatic heterocycles. The summed E-state index contributed by atoms with van der Waals surface area (Å²) >= 11 is 0. The maximum Gasteiger partial charge on any atom is 0.193 e. The molecule has 0 saturated carbocycles. The molecule has 0 unspecified atom stereocenters. The molecule has 3 aromatic rings. The second-order valence-electron chi connectivity index (χ2n) is 5.21. The van der Waals surface area contributed by atoms with Crippen LogP contribution in [0.3, 0.4) is 0 Å². The van der Waals surface area contributed by atoms with Crippen molar-refractivity contribution in [2.24, 2.45) is 10.7 Å². The first-order valence-electron chi connectivity index (χ1n) is 7.28. The van der Waals surface area contributed by atoms with Crippen LogP contribution in [-0.4, -0.2) is 22.5 Å². The number of para-hydroxylation sites is 2. The van der Waals surface area contributed by atoms with E-state index < -0.39 is 0 Å². The summed E-state index contributed by atoms with van der Waals surface area (Å²) in [6.07, 6.45) is 0.727. The summed E-state index contributed by atoms with van der Waals surface area (Å²) in [5, 5.41) is 3.09. The smallest absolute Gasteiger partial charge is 0.193 e. The Bertz CT molecular complexity index is 770. The van der Waals surface area contributed by atoms with Crippen molar-refractivity contribution in [3.63, 3.8) is 0 Å². The monoisotopic (exact) mass is 293 g/mol. The number of fused-ring (bicyclic) bond motifs is 1. The van der Waals surface area contributed by atoms with Crippen molar-refractivity contribution in [2.75, 3.05) is 11.9 Å². The van der Waals surface area contributed by atoms with Crippen molar-refractivity contribution in [3.8, 4) is 0 Å². The number of anilines is 1. The lowest BCUT2D eigenvalue weighted by atomic mass is 10.2. The van der Waals surface area contributed by atoms with Crippen LogP contribution in [0.25, 0.3) is 11.0 Å². The predicted molar refractivity (Wildman–Crippen MR) is 91.1 cm³/mol. The van der Waals surface area contributed by atoms with Gasteiger partial charge < -0.3 is 16.0 Å². The molecular formula is C17H19N5. The maximum atomic E-state index is 5.90. The number of aliphatic imine (C=N–C) groups is 1. The highest BCUT2D eigenvalue weighted by Gasteiger charge is 2.01. The Balaban J connectivity index is 1.59. The van der Waals surface area contributed by atoms with E-state index in [9.17, 15) is 0 Å². The number of guanidine groups is 1. The highest BCUT2D eigenvalue weighted by atomic mass is 15.1. The minimum atomic E-state index is 0.418. The average molecular weight is 293 g/mol. The van der Waals surface area contributed by atoms with Crippen LogP contribution in [0.1, 0.15) is 11.4 Å². The molecule has 0 saturated heterocycles. The fraction of sp³-hybridized carbons (Fsp3) is 0.176. The van der Waals surface area contributed by atoms with Crippen molar-refractivity contribution in [1.82, 2.24) is 9.97 Å². The van der Waals surface area contributed by atoms with Gasteiger partial charge in [-0.2, -0.15) is 0 Å². The number of aryl methyl sites for hydroxylation is 1. The Morgan fingerprint density at radius 2 is 2.09 bits per heavy atom. The van der Waals surface area contributed by atoms with Crippen molar-refractivity contribution >= 4 is 22.7 Å². The number of nitrogens with one attached hydrogen (secondary N) is 2. The molecule has 0 aliphatic rings. The normalized spacial score (nSPS) is 11.8. The molecule has 0 aliphatic carbocycles. The van der Waals surface area contributed by atoms with Crippen LogP contribution in [0.15, 0.2) is 53.5 Å². The molecule has 22 heavy (non-hydrogen) atoms. The Morgan fingerprint density at radius 1 is 1.23 bits per heavy atom. The Morgan fingerprint density at radius 3 is 2.91 bits per heavy atom. The number of H-pyrrole nitrogens is 1. The van der Waals surface area contributed by atoms with E-state index in [0.29, 0.717) is 12.5 Å². The molecule has 0 radical (unpaired) electrons. The van der Waals surface area contributed by atoms with Crippen molar-refractivity contribution in [3.05, 3.63) is 59.9 Å². The second kappa shape index (κ2) is 6.30. The number of aromatic amines is 1. The fourth-order valence-corrected chi connectivity index (χ4v) is 2.32. The van der Waals surface area contributed by atoms with Gasteiger partial charge in [0.1, 0.15) is 5.82 Å². The number of rotatable bonds is 4. The largest absolute Gasteiger partial charge is 0.370 e. The van der Waals surface area contributed by atoms with Gasteiger partial charge in [-0.05, 0) is 36.8 Å². The van der Waals surface area contributed by atoms with Gasteiger partial charge in [0, 0.05) is 18.7 Å². The van der Waals surface area contributed by atoms with Gasteiger partial charge in [0.05, 0.1) is 11.0 Å². The van der Waals surface area contributed by atoms with Crippen LogP contribution < -0.4 is 11.1 Å². The lowest BCUT2D eigenvalue weighted by Gasteiger charge is -2.05. The molecule has 0 bridgehead atoms. The van der Waals surface area contributed by atoms with Gasteiger partial charge in [0.15, 0.2) is 5.96 Å². The van der Waals surface area contributed by atoms with E-state index in [0.717, 1.165) is 29.0 Å². The van der Waals surface area contributed by atoms with E-state index in [-0.39, 0.29) is 0 Å². The summed E-state index contributed by atoms with van der Waals surface area (Å²) < 4.78 is 0. The van der Waals surface area contributed by atoms with Crippen molar-refractivity contribution in [2.45, 2.75) is 13.3 Å².